The Morgan fingerprint density at radius 2 is 1.97 bits per heavy atom. The number of amides is 1. The molecule has 8 heteroatoms. The van der Waals surface area contributed by atoms with Crippen LogP contribution in [0.15, 0.2) is 12.3 Å². The van der Waals surface area contributed by atoms with Crippen LogP contribution in [-0.4, -0.2) is 66.5 Å². The van der Waals surface area contributed by atoms with Crippen molar-refractivity contribution in [3.63, 3.8) is 0 Å². The van der Waals surface area contributed by atoms with Gasteiger partial charge in [0.2, 0.25) is 0 Å². The van der Waals surface area contributed by atoms with Crippen LogP contribution in [0.1, 0.15) is 33.8 Å². The van der Waals surface area contributed by atoms with Crippen molar-refractivity contribution in [2.45, 2.75) is 33.3 Å². The van der Waals surface area contributed by atoms with Gasteiger partial charge < -0.3 is 19.3 Å². The van der Waals surface area contributed by atoms with Crippen molar-refractivity contribution in [2.24, 2.45) is 0 Å². The minimum atomic E-state index is -0.226. The van der Waals surface area contributed by atoms with Crippen LogP contribution in [0.25, 0.3) is 11.1 Å². The van der Waals surface area contributed by atoms with Gasteiger partial charge >= 0.3 is 6.09 Å². The molecular weight excluding hydrogens is 400 g/mol. The van der Waals surface area contributed by atoms with E-state index >= 15 is 0 Å². The van der Waals surface area contributed by atoms with Gasteiger partial charge in [0.25, 0.3) is 0 Å². The predicted molar refractivity (Wildman–Crippen MR) is 117 cm³/mol. The SMILES string of the molecule is CC1=C(c2nc(C)c(C)s2)Cc2nccc(N3CCN(C(=O)OC4COC4)CC3)c21. The number of carbonyl (C=O) groups excluding carboxylic acids is 1. The Kier molecular flexibility index (Phi) is 4.99. The van der Waals surface area contributed by atoms with Crippen LogP contribution in [0, 0.1) is 13.8 Å². The molecule has 2 aromatic heterocycles. The fourth-order valence-electron chi connectivity index (χ4n) is 4.22. The molecule has 30 heavy (non-hydrogen) atoms. The molecule has 5 rings (SSSR count). The summed E-state index contributed by atoms with van der Waals surface area (Å²) in [6.45, 7) is 10.3. The molecule has 0 spiro atoms. The molecule has 2 aliphatic heterocycles. The number of fused-ring (bicyclic) bond motifs is 1. The molecule has 158 valence electrons. The van der Waals surface area contributed by atoms with Gasteiger partial charge in [0.15, 0.2) is 6.10 Å². The van der Waals surface area contributed by atoms with Crippen molar-refractivity contribution >= 4 is 34.3 Å². The summed E-state index contributed by atoms with van der Waals surface area (Å²) < 4.78 is 10.5. The lowest BCUT2D eigenvalue weighted by Gasteiger charge is -2.37. The van der Waals surface area contributed by atoms with Gasteiger partial charge in [0, 0.05) is 54.9 Å². The maximum absolute atomic E-state index is 12.3. The molecule has 0 radical (unpaired) electrons. The average molecular weight is 427 g/mol. The van der Waals surface area contributed by atoms with Gasteiger partial charge in [-0.15, -0.1) is 11.3 Å². The normalized spacial score (nSPS) is 19.2. The molecule has 0 saturated carbocycles. The van der Waals surface area contributed by atoms with Gasteiger partial charge in [0.1, 0.15) is 5.01 Å². The predicted octanol–water partition coefficient (Wildman–Crippen LogP) is 3.30. The number of thiazole rings is 1. The van der Waals surface area contributed by atoms with E-state index in [1.807, 2.05) is 6.20 Å². The summed E-state index contributed by atoms with van der Waals surface area (Å²) in [4.78, 5) is 27.2. The molecule has 1 amide bonds. The molecule has 2 fully saturated rings. The minimum absolute atomic E-state index is 0.0802. The number of aryl methyl sites for hydroxylation is 2. The summed E-state index contributed by atoms with van der Waals surface area (Å²) in [5.41, 5.74) is 7.23. The second kappa shape index (κ2) is 7.67. The Bertz CT molecular complexity index is 1000. The standard InChI is InChI=1S/C22H26N4O3S/c1-13-17(21-24-14(2)15(3)30-21)10-18-20(13)19(4-5-23-18)25-6-8-26(9-7-25)22(27)29-16-11-28-12-16/h4-5,16H,6-12H2,1-3H3. The summed E-state index contributed by atoms with van der Waals surface area (Å²) >= 11 is 1.76. The first-order chi connectivity index (χ1) is 14.5. The highest BCUT2D eigenvalue weighted by atomic mass is 32.1. The zero-order valence-electron chi connectivity index (χ0n) is 17.6. The summed E-state index contributed by atoms with van der Waals surface area (Å²) in [5, 5.41) is 1.11. The molecule has 3 aliphatic rings. The smallest absolute Gasteiger partial charge is 0.410 e. The third-order valence-electron chi connectivity index (χ3n) is 6.22. The van der Waals surface area contributed by atoms with Crippen molar-refractivity contribution in [1.29, 1.82) is 0 Å². The molecule has 2 aromatic rings. The first-order valence-electron chi connectivity index (χ1n) is 10.4. The van der Waals surface area contributed by atoms with Crippen molar-refractivity contribution in [1.82, 2.24) is 14.9 Å². The van der Waals surface area contributed by atoms with Crippen molar-refractivity contribution in [3.8, 4) is 0 Å². The first-order valence-corrected chi connectivity index (χ1v) is 11.2. The van der Waals surface area contributed by atoms with Crippen molar-refractivity contribution in [3.05, 3.63) is 39.1 Å². The van der Waals surface area contributed by atoms with Gasteiger partial charge in [-0.3, -0.25) is 4.98 Å². The van der Waals surface area contributed by atoms with Gasteiger partial charge in [-0.1, -0.05) is 0 Å². The molecule has 0 aromatic carbocycles. The summed E-state index contributed by atoms with van der Waals surface area (Å²) in [6.07, 6.45) is 2.43. The Balaban J connectivity index is 1.34. The fraction of sp³-hybridized carbons (Fsp3) is 0.500. The zero-order valence-corrected chi connectivity index (χ0v) is 18.4. The summed E-state index contributed by atoms with van der Waals surface area (Å²) in [6, 6.07) is 2.10. The maximum Gasteiger partial charge on any atom is 0.410 e. The molecule has 0 N–H and O–H groups in total. The summed E-state index contributed by atoms with van der Waals surface area (Å²) in [5.74, 6) is 0. The molecule has 0 bridgehead atoms. The van der Waals surface area contributed by atoms with Gasteiger partial charge in [-0.05, 0) is 38.0 Å². The number of allylic oxidation sites excluding steroid dienone is 2. The third-order valence-corrected chi connectivity index (χ3v) is 7.35. The number of carbonyl (C=O) groups is 1. The van der Waals surface area contributed by atoms with Gasteiger partial charge in [-0.25, -0.2) is 9.78 Å². The number of pyridine rings is 1. The van der Waals surface area contributed by atoms with E-state index in [1.54, 1.807) is 16.2 Å². The Morgan fingerprint density at radius 1 is 1.20 bits per heavy atom. The van der Waals surface area contributed by atoms with Crippen LogP contribution in [-0.2, 0) is 15.9 Å². The van der Waals surface area contributed by atoms with Gasteiger partial charge in [-0.2, -0.15) is 0 Å². The molecule has 0 atom stereocenters. The van der Waals surface area contributed by atoms with E-state index < -0.39 is 0 Å². The molecular formula is C22H26N4O3S. The number of hydrogen-bond donors (Lipinski definition) is 0. The second-order valence-electron chi connectivity index (χ2n) is 8.11. The van der Waals surface area contributed by atoms with E-state index in [2.05, 4.69) is 36.7 Å². The van der Waals surface area contributed by atoms with E-state index in [-0.39, 0.29) is 12.2 Å². The highest BCUT2D eigenvalue weighted by molar-refractivity contribution is 7.12. The first kappa shape index (κ1) is 19.5. The second-order valence-corrected chi connectivity index (χ2v) is 9.31. The topological polar surface area (TPSA) is 67.8 Å². The largest absolute Gasteiger partial charge is 0.441 e. The quantitative estimate of drug-likeness (QED) is 0.750. The highest BCUT2D eigenvalue weighted by Crippen LogP contribution is 2.43. The van der Waals surface area contributed by atoms with E-state index in [0.29, 0.717) is 26.3 Å². The van der Waals surface area contributed by atoms with E-state index in [1.165, 1.54) is 27.3 Å². The maximum atomic E-state index is 12.3. The fourth-order valence-corrected chi connectivity index (χ4v) is 5.23. The van der Waals surface area contributed by atoms with Crippen LogP contribution in [0.2, 0.25) is 0 Å². The average Bonchev–Trinajstić information content (AvgIpc) is 3.24. The van der Waals surface area contributed by atoms with E-state index in [0.717, 1.165) is 35.9 Å². The number of nitrogens with zero attached hydrogens (tertiary/aromatic N) is 4. The number of ether oxygens (including phenoxy) is 2. The lowest BCUT2D eigenvalue weighted by Crippen LogP contribution is -2.51. The van der Waals surface area contributed by atoms with E-state index in [4.69, 9.17) is 14.5 Å². The molecule has 2 saturated heterocycles. The Morgan fingerprint density at radius 3 is 2.60 bits per heavy atom. The van der Waals surface area contributed by atoms with Crippen LogP contribution in [0.5, 0.6) is 0 Å². The third kappa shape index (κ3) is 3.37. The summed E-state index contributed by atoms with van der Waals surface area (Å²) in [7, 11) is 0. The van der Waals surface area contributed by atoms with Gasteiger partial charge in [0.05, 0.1) is 24.6 Å². The number of aromatic nitrogens is 2. The number of piperazine rings is 1. The van der Waals surface area contributed by atoms with Crippen LogP contribution >= 0.6 is 11.3 Å². The van der Waals surface area contributed by atoms with Crippen LogP contribution in [0.4, 0.5) is 10.5 Å². The lowest BCUT2D eigenvalue weighted by molar-refractivity contribution is -0.104. The van der Waals surface area contributed by atoms with Crippen molar-refractivity contribution < 1.29 is 14.3 Å². The number of rotatable bonds is 3. The monoisotopic (exact) mass is 426 g/mol. The van der Waals surface area contributed by atoms with Crippen LogP contribution in [0.3, 0.4) is 0 Å². The molecule has 4 heterocycles. The van der Waals surface area contributed by atoms with E-state index in [9.17, 15) is 4.79 Å². The number of anilines is 1. The lowest BCUT2D eigenvalue weighted by atomic mass is 10.1. The van der Waals surface area contributed by atoms with Crippen LogP contribution < -0.4 is 4.90 Å². The van der Waals surface area contributed by atoms with Crippen molar-refractivity contribution in [2.75, 3.05) is 44.3 Å². The Labute approximate surface area is 180 Å². The Hall–Kier alpha value is -2.45. The molecule has 7 nitrogen and oxygen atoms in total. The number of hydrogen-bond acceptors (Lipinski definition) is 7. The minimum Gasteiger partial charge on any atom is -0.441 e. The zero-order chi connectivity index (χ0) is 20.8. The molecule has 1 aliphatic carbocycles. The molecule has 0 unspecified atom stereocenters. The highest BCUT2D eigenvalue weighted by Gasteiger charge is 2.31.